The minimum atomic E-state index is 0.577. The normalized spacial score (nSPS) is 23.5. The Morgan fingerprint density at radius 3 is 2.96 bits per heavy atom. The predicted molar refractivity (Wildman–Crippen MR) is 102 cm³/mol. The summed E-state index contributed by atoms with van der Waals surface area (Å²) in [5, 5.41) is 8.14. The molecule has 2 fully saturated rings. The van der Waals surface area contributed by atoms with Crippen LogP contribution < -0.4 is 10.2 Å². The number of anilines is 1. The van der Waals surface area contributed by atoms with Gasteiger partial charge in [-0.25, -0.2) is 4.98 Å². The Hall–Kier alpha value is -1.92. The number of nitrogens with zero attached hydrogens (tertiary/aromatic N) is 4. The Labute approximate surface area is 155 Å². The third-order valence-corrected chi connectivity index (χ3v) is 5.65. The Morgan fingerprint density at radius 2 is 2.15 bits per heavy atom. The summed E-state index contributed by atoms with van der Waals surface area (Å²) in [7, 11) is 1.99. The van der Waals surface area contributed by atoms with Gasteiger partial charge in [0.1, 0.15) is 5.82 Å². The monoisotopic (exact) mass is 355 g/mol. The first-order valence-corrected chi connectivity index (χ1v) is 9.77. The van der Waals surface area contributed by atoms with Gasteiger partial charge in [-0.3, -0.25) is 4.68 Å². The summed E-state index contributed by atoms with van der Waals surface area (Å²) in [5.74, 6) is 1.81. The minimum Gasteiger partial charge on any atom is -0.378 e. The summed E-state index contributed by atoms with van der Waals surface area (Å²) in [4.78, 5) is 7.01. The zero-order valence-corrected chi connectivity index (χ0v) is 15.6. The van der Waals surface area contributed by atoms with Crippen molar-refractivity contribution in [2.45, 2.75) is 38.3 Å². The SMILES string of the molecule is Cn1cc(CC2CCCC2NCc2cccnc2N2CCOCC2)cn1. The van der Waals surface area contributed by atoms with Crippen LogP contribution in [0.5, 0.6) is 0 Å². The fraction of sp³-hybridized carbons (Fsp3) is 0.600. The van der Waals surface area contributed by atoms with Crippen LogP contribution in [-0.4, -0.2) is 47.1 Å². The van der Waals surface area contributed by atoms with Gasteiger partial charge >= 0.3 is 0 Å². The fourth-order valence-electron chi connectivity index (χ4n) is 4.30. The largest absolute Gasteiger partial charge is 0.378 e. The Bertz CT molecular complexity index is 710. The van der Waals surface area contributed by atoms with Crippen LogP contribution in [0.1, 0.15) is 30.4 Å². The van der Waals surface area contributed by atoms with Gasteiger partial charge in [0.25, 0.3) is 0 Å². The third-order valence-electron chi connectivity index (χ3n) is 5.65. The lowest BCUT2D eigenvalue weighted by molar-refractivity contribution is 0.122. The molecule has 2 aromatic heterocycles. The molecule has 0 bridgehead atoms. The molecule has 26 heavy (non-hydrogen) atoms. The number of nitrogens with one attached hydrogen (secondary N) is 1. The van der Waals surface area contributed by atoms with Gasteiger partial charge in [-0.2, -0.15) is 5.10 Å². The summed E-state index contributed by atoms with van der Waals surface area (Å²) in [6.07, 6.45) is 11.0. The standard InChI is InChI=1S/C20H29N5O/c1-24-15-16(13-23-24)12-17-4-2-6-19(17)22-14-18-5-3-7-21-20(18)25-8-10-26-11-9-25/h3,5,7,13,15,17,19,22H,2,4,6,8-12,14H2,1H3. The van der Waals surface area contributed by atoms with Crippen LogP contribution in [0, 0.1) is 5.92 Å². The molecule has 1 N–H and O–H groups in total. The van der Waals surface area contributed by atoms with Gasteiger partial charge in [-0.15, -0.1) is 0 Å². The van der Waals surface area contributed by atoms with Crippen LogP contribution in [0.15, 0.2) is 30.7 Å². The summed E-state index contributed by atoms with van der Waals surface area (Å²) >= 11 is 0. The van der Waals surface area contributed by atoms with Gasteiger partial charge in [0.15, 0.2) is 0 Å². The van der Waals surface area contributed by atoms with Crippen LogP contribution in [0.4, 0.5) is 5.82 Å². The fourth-order valence-corrected chi connectivity index (χ4v) is 4.30. The number of rotatable bonds is 6. The second-order valence-electron chi connectivity index (χ2n) is 7.49. The number of aryl methyl sites for hydroxylation is 1. The van der Waals surface area contributed by atoms with E-state index in [1.807, 2.05) is 30.2 Å². The van der Waals surface area contributed by atoms with E-state index in [0.29, 0.717) is 12.0 Å². The lowest BCUT2D eigenvalue weighted by Crippen LogP contribution is -2.38. The van der Waals surface area contributed by atoms with E-state index in [-0.39, 0.29) is 0 Å². The molecule has 0 spiro atoms. The van der Waals surface area contributed by atoms with E-state index in [0.717, 1.165) is 45.1 Å². The van der Waals surface area contributed by atoms with Gasteiger partial charge in [0.2, 0.25) is 0 Å². The Morgan fingerprint density at radius 1 is 1.27 bits per heavy atom. The van der Waals surface area contributed by atoms with E-state index in [9.17, 15) is 0 Å². The first-order chi connectivity index (χ1) is 12.8. The lowest BCUT2D eigenvalue weighted by Gasteiger charge is -2.30. The van der Waals surface area contributed by atoms with Gasteiger partial charge in [-0.1, -0.05) is 12.5 Å². The zero-order valence-electron chi connectivity index (χ0n) is 15.6. The maximum absolute atomic E-state index is 5.48. The van der Waals surface area contributed by atoms with E-state index < -0.39 is 0 Å². The Kier molecular flexibility index (Phi) is 5.51. The smallest absolute Gasteiger partial charge is 0.133 e. The third kappa shape index (κ3) is 4.07. The van der Waals surface area contributed by atoms with Crippen molar-refractivity contribution >= 4 is 5.82 Å². The molecule has 2 aromatic rings. The quantitative estimate of drug-likeness (QED) is 0.860. The van der Waals surface area contributed by atoms with Crippen molar-refractivity contribution < 1.29 is 4.74 Å². The average Bonchev–Trinajstić information content (AvgIpc) is 3.30. The number of morpholine rings is 1. The zero-order chi connectivity index (χ0) is 17.8. The molecule has 2 atom stereocenters. The first kappa shape index (κ1) is 17.5. The lowest BCUT2D eigenvalue weighted by atomic mass is 9.96. The molecule has 0 aromatic carbocycles. The second kappa shape index (κ2) is 8.18. The highest BCUT2D eigenvalue weighted by atomic mass is 16.5. The molecular formula is C20H29N5O. The topological polar surface area (TPSA) is 55.2 Å². The van der Waals surface area contributed by atoms with Crippen molar-refractivity contribution in [2.24, 2.45) is 13.0 Å². The van der Waals surface area contributed by atoms with Gasteiger partial charge < -0.3 is 15.0 Å². The maximum Gasteiger partial charge on any atom is 0.133 e. The summed E-state index contributed by atoms with van der Waals surface area (Å²) in [5.41, 5.74) is 2.64. The van der Waals surface area contributed by atoms with E-state index in [4.69, 9.17) is 4.74 Å². The first-order valence-electron chi connectivity index (χ1n) is 9.77. The molecule has 0 radical (unpaired) electrons. The molecule has 0 amide bonds. The highest BCUT2D eigenvalue weighted by Gasteiger charge is 2.27. The number of hydrogen-bond acceptors (Lipinski definition) is 5. The van der Waals surface area contributed by atoms with Crippen LogP contribution in [-0.2, 0) is 24.8 Å². The molecule has 1 aliphatic heterocycles. The van der Waals surface area contributed by atoms with Crippen molar-refractivity contribution in [1.29, 1.82) is 0 Å². The number of aromatic nitrogens is 3. The average molecular weight is 355 g/mol. The van der Waals surface area contributed by atoms with Gasteiger partial charge in [-0.05, 0) is 36.8 Å². The van der Waals surface area contributed by atoms with Crippen molar-refractivity contribution in [1.82, 2.24) is 20.1 Å². The minimum absolute atomic E-state index is 0.577. The molecule has 6 nitrogen and oxygen atoms in total. The van der Waals surface area contributed by atoms with E-state index in [1.165, 1.54) is 30.4 Å². The van der Waals surface area contributed by atoms with E-state index >= 15 is 0 Å². The van der Waals surface area contributed by atoms with Crippen molar-refractivity contribution in [3.8, 4) is 0 Å². The summed E-state index contributed by atoms with van der Waals surface area (Å²) in [6, 6.07) is 4.83. The molecule has 140 valence electrons. The Balaban J connectivity index is 1.38. The predicted octanol–water partition coefficient (Wildman–Crippen LogP) is 2.15. The van der Waals surface area contributed by atoms with Crippen molar-refractivity contribution in [2.75, 3.05) is 31.2 Å². The number of pyridine rings is 1. The van der Waals surface area contributed by atoms with Crippen molar-refractivity contribution in [3.05, 3.63) is 41.9 Å². The van der Waals surface area contributed by atoms with Crippen LogP contribution in [0.25, 0.3) is 0 Å². The van der Waals surface area contributed by atoms with Gasteiger partial charge in [0, 0.05) is 50.7 Å². The van der Waals surface area contributed by atoms with E-state index in [1.54, 1.807) is 0 Å². The molecule has 1 saturated heterocycles. The van der Waals surface area contributed by atoms with Crippen LogP contribution >= 0.6 is 0 Å². The molecule has 6 heteroatoms. The van der Waals surface area contributed by atoms with Crippen LogP contribution in [0.3, 0.4) is 0 Å². The highest BCUT2D eigenvalue weighted by Crippen LogP contribution is 2.29. The second-order valence-corrected chi connectivity index (χ2v) is 7.49. The maximum atomic E-state index is 5.48. The molecular weight excluding hydrogens is 326 g/mol. The number of ether oxygens (including phenoxy) is 1. The van der Waals surface area contributed by atoms with E-state index in [2.05, 4.69) is 32.6 Å². The molecule has 1 aliphatic carbocycles. The molecule has 1 saturated carbocycles. The highest BCUT2D eigenvalue weighted by molar-refractivity contribution is 5.47. The van der Waals surface area contributed by atoms with Crippen molar-refractivity contribution in [3.63, 3.8) is 0 Å². The molecule has 3 heterocycles. The molecule has 4 rings (SSSR count). The summed E-state index contributed by atoms with van der Waals surface area (Å²) < 4.78 is 7.38. The number of hydrogen-bond donors (Lipinski definition) is 1. The van der Waals surface area contributed by atoms with Gasteiger partial charge in [0.05, 0.1) is 19.4 Å². The van der Waals surface area contributed by atoms with Crippen LogP contribution in [0.2, 0.25) is 0 Å². The molecule has 2 aliphatic rings. The molecule has 2 unspecified atom stereocenters. The summed E-state index contributed by atoms with van der Waals surface area (Å²) in [6.45, 7) is 4.32.